The SMILES string of the molecule is C[C@H](CN1CCCCC1)[C@H]1CC[C@H]2[C@@H]3CC=C4CC(O)CC[C@]4(C)[C@H]3CC[C@]12C. The Labute approximate surface area is 179 Å². The maximum Gasteiger partial charge on any atom is 0.0577 e. The predicted octanol–water partition coefficient (Wildman–Crippen LogP) is 6.05. The first-order valence-electron chi connectivity index (χ1n) is 13.0. The molecule has 0 amide bonds. The largest absolute Gasteiger partial charge is 0.393 e. The van der Waals surface area contributed by atoms with E-state index in [0.717, 1.165) is 42.4 Å². The van der Waals surface area contributed by atoms with Crippen molar-refractivity contribution in [1.82, 2.24) is 4.90 Å². The summed E-state index contributed by atoms with van der Waals surface area (Å²) in [6, 6.07) is 0. The molecule has 5 rings (SSSR count). The fourth-order valence-electron chi connectivity index (χ4n) is 9.29. The number of hydrogen-bond donors (Lipinski definition) is 1. The lowest BCUT2D eigenvalue weighted by molar-refractivity contribution is -0.0587. The number of rotatable bonds is 3. The zero-order chi connectivity index (χ0) is 20.2. The number of aliphatic hydroxyl groups excluding tert-OH is 1. The van der Waals surface area contributed by atoms with Crippen LogP contribution in [0.5, 0.6) is 0 Å². The van der Waals surface area contributed by atoms with Crippen LogP contribution in [0.15, 0.2) is 11.6 Å². The second kappa shape index (κ2) is 7.66. The molecule has 1 saturated heterocycles. The Morgan fingerprint density at radius 1 is 1.03 bits per heavy atom. The molecule has 0 radical (unpaired) electrons. The van der Waals surface area contributed by atoms with Gasteiger partial charge in [0.1, 0.15) is 0 Å². The molecule has 3 saturated carbocycles. The third-order valence-corrected chi connectivity index (χ3v) is 10.8. The van der Waals surface area contributed by atoms with Crippen molar-refractivity contribution in [3.63, 3.8) is 0 Å². The van der Waals surface area contributed by atoms with Gasteiger partial charge in [-0.15, -0.1) is 0 Å². The molecule has 0 aromatic carbocycles. The minimum atomic E-state index is -0.0776. The van der Waals surface area contributed by atoms with Gasteiger partial charge in [0.2, 0.25) is 0 Å². The van der Waals surface area contributed by atoms with Crippen LogP contribution >= 0.6 is 0 Å². The van der Waals surface area contributed by atoms with E-state index in [2.05, 4.69) is 31.7 Å². The van der Waals surface area contributed by atoms with Crippen LogP contribution < -0.4 is 0 Å². The fourth-order valence-corrected chi connectivity index (χ4v) is 9.29. The monoisotopic (exact) mass is 399 g/mol. The Balaban J connectivity index is 1.33. The summed E-state index contributed by atoms with van der Waals surface area (Å²) >= 11 is 0. The molecule has 1 heterocycles. The van der Waals surface area contributed by atoms with Crippen LogP contribution in [-0.4, -0.2) is 35.7 Å². The van der Waals surface area contributed by atoms with E-state index in [1.165, 1.54) is 77.4 Å². The number of fused-ring (bicyclic) bond motifs is 5. The molecule has 0 spiro atoms. The molecule has 2 heteroatoms. The topological polar surface area (TPSA) is 23.5 Å². The first-order valence-corrected chi connectivity index (χ1v) is 13.0. The van der Waals surface area contributed by atoms with Gasteiger partial charge in [0.25, 0.3) is 0 Å². The average molecular weight is 400 g/mol. The van der Waals surface area contributed by atoms with E-state index in [1.807, 2.05) is 0 Å². The summed E-state index contributed by atoms with van der Waals surface area (Å²) in [6.07, 6.45) is 17.2. The van der Waals surface area contributed by atoms with Crippen molar-refractivity contribution in [1.29, 1.82) is 0 Å². The van der Waals surface area contributed by atoms with Crippen molar-refractivity contribution < 1.29 is 5.11 Å². The van der Waals surface area contributed by atoms with E-state index in [-0.39, 0.29) is 6.10 Å². The third kappa shape index (κ3) is 3.36. The molecule has 5 aliphatic rings. The van der Waals surface area contributed by atoms with Crippen LogP contribution in [0.4, 0.5) is 0 Å². The zero-order valence-corrected chi connectivity index (χ0v) is 19.3. The molecule has 1 N–H and O–H groups in total. The molecule has 29 heavy (non-hydrogen) atoms. The molecule has 4 aliphatic carbocycles. The quantitative estimate of drug-likeness (QED) is 0.584. The van der Waals surface area contributed by atoms with Gasteiger partial charge in [-0.1, -0.05) is 38.8 Å². The number of allylic oxidation sites excluding steroid dienone is 1. The third-order valence-electron chi connectivity index (χ3n) is 10.8. The summed E-state index contributed by atoms with van der Waals surface area (Å²) in [5.74, 6) is 4.52. The number of likely N-dealkylation sites (tertiary alicyclic amines) is 1. The molecule has 0 bridgehead atoms. The van der Waals surface area contributed by atoms with Crippen LogP contribution in [0.25, 0.3) is 0 Å². The van der Waals surface area contributed by atoms with E-state index in [4.69, 9.17) is 0 Å². The number of aliphatic hydroxyl groups is 1. The van der Waals surface area contributed by atoms with E-state index >= 15 is 0 Å². The van der Waals surface area contributed by atoms with Crippen molar-refractivity contribution in [2.45, 2.75) is 97.5 Å². The summed E-state index contributed by atoms with van der Waals surface area (Å²) in [5.41, 5.74) is 2.59. The molecule has 2 nitrogen and oxygen atoms in total. The highest BCUT2D eigenvalue weighted by atomic mass is 16.3. The molecule has 8 atom stereocenters. The summed E-state index contributed by atoms with van der Waals surface area (Å²) in [7, 11) is 0. The molecular formula is C27H45NO. The van der Waals surface area contributed by atoms with Gasteiger partial charge in [-0.05, 0) is 118 Å². The Bertz CT molecular complexity index is 636. The Morgan fingerprint density at radius 2 is 1.83 bits per heavy atom. The lowest BCUT2D eigenvalue weighted by atomic mass is 9.47. The van der Waals surface area contributed by atoms with E-state index < -0.39 is 0 Å². The van der Waals surface area contributed by atoms with Crippen molar-refractivity contribution in [2.24, 2.45) is 40.4 Å². The van der Waals surface area contributed by atoms with Crippen LogP contribution in [-0.2, 0) is 0 Å². The van der Waals surface area contributed by atoms with Crippen molar-refractivity contribution in [2.75, 3.05) is 19.6 Å². The second-order valence-electron chi connectivity index (χ2n) is 12.2. The van der Waals surface area contributed by atoms with Crippen molar-refractivity contribution in [3.05, 3.63) is 11.6 Å². The first-order chi connectivity index (χ1) is 13.9. The molecule has 164 valence electrons. The van der Waals surface area contributed by atoms with Gasteiger partial charge >= 0.3 is 0 Å². The predicted molar refractivity (Wildman–Crippen MR) is 121 cm³/mol. The highest BCUT2D eigenvalue weighted by Gasteiger charge is 2.59. The second-order valence-corrected chi connectivity index (χ2v) is 12.2. The normalized spacial score (nSPS) is 49.0. The Kier molecular flexibility index (Phi) is 5.43. The highest BCUT2D eigenvalue weighted by molar-refractivity contribution is 5.25. The van der Waals surface area contributed by atoms with Crippen LogP contribution in [0.1, 0.15) is 91.4 Å². The Morgan fingerprint density at radius 3 is 2.62 bits per heavy atom. The summed E-state index contributed by atoms with van der Waals surface area (Å²) in [5, 5.41) is 10.2. The molecule has 1 aliphatic heterocycles. The Hall–Kier alpha value is -0.340. The summed E-state index contributed by atoms with van der Waals surface area (Å²) < 4.78 is 0. The van der Waals surface area contributed by atoms with Gasteiger partial charge in [0.15, 0.2) is 0 Å². The smallest absolute Gasteiger partial charge is 0.0577 e. The van der Waals surface area contributed by atoms with Gasteiger partial charge in [0.05, 0.1) is 6.10 Å². The van der Waals surface area contributed by atoms with E-state index in [0.29, 0.717) is 10.8 Å². The first kappa shape index (κ1) is 20.6. The minimum Gasteiger partial charge on any atom is -0.393 e. The van der Waals surface area contributed by atoms with Crippen LogP contribution in [0.2, 0.25) is 0 Å². The maximum absolute atomic E-state index is 10.2. The molecular weight excluding hydrogens is 354 g/mol. The van der Waals surface area contributed by atoms with Crippen molar-refractivity contribution in [3.8, 4) is 0 Å². The van der Waals surface area contributed by atoms with Crippen molar-refractivity contribution >= 4 is 0 Å². The minimum absolute atomic E-state index is 0.0776. The number of nitrogens with zero attached hydrogens (tertiary/aromatic N) is 1. The zero-order valence-electron chi connectivity index (χ0n) is 19.3. The molecule has 0 aromatic rings. The van der Waals surface area contributed by atoms with E-state index in [1.54, 1.807) is 5.57 Å². The highest BCUT2D eigenvalue weighted by Crippen LogP contribution is 2.67. The van der Waals surface area contributed by atoms with Gasteiger partial charge in [-0.3, -0.25) is 0 Å². The van der Waals surface area contributed by atoms with Gasteiger partial charge in [-0.25, -0.2) is 0 Å². The fraction of sp³-hybridized carbons (Fsp3) is 0.926. The maximum atomic E-state index is 10.2. The number of piperidine rings is 1. The molecule has 4 fully saturated rings. The van der Waals surface area contributed by atoms with Crippen LogP contribution in [0.3, 0.4) is 0 Å². The summed E-state index contributed by atoms with van der Waals surface area (Å²) in [4.78, 5) is 2.78. The standard InChI is InChI=1S/C27H45NO/c1-19(18-28-15-5-4-6-16-28)23-9-10-24-22-8-7-20-17-21(29)11-13-26(20,2)25(22)12-14-27(23,24)3/h7,19,21-25,29H,4-6,8-18H2,1-3H3/t19-,21?,22+,23-,24+,25+,26+,27-/m1/s1. The van der Waals surface area contributed by atoms with Crippen LogP contribution in [0, 0.1) is 40.4 Å². The summed E-state index contributed by atoms with van der Waals surface area (Å²) in [6.45, 7) is 11.9. The van der Waals surface area contributed by atoms with Gasteiger partial charge in [0, 0.05) is 6.54 Å². The average Bonchev–Trinajstić information content (AvgIpc) is 3.06. The molecule has 1 unspecified atom stereocenters. The lowest BCUT2D eigenvalue weighted by Crippen LogP contribution is -2.51. The van der Waals surface area contributed by atoms with Gasteiger partial charge in [-0.2, -0.15) is 0 Å². The van der Waals surface area contributed by atoms with E-state index in [9.17, 15) is 5.11 Å². The number of hydrogen-bond acceptors (Lipinski definition) is 2. The van der Waals surface area contributed by atoms with Gasteiger partial charge < -0.3 is 10.0 Å². The molecule has 0 aromatic heterocycles. The lowest BCUT2D eigenvalue weighted by Gasteiger charge is -2.58.